The molecule has 4 nitrogen and oxygen atoms in total. The maximum atomic E-state index is 6.01. The van der Waals surface area contributed by atoms with E-state index in [9.17, 15) is 0 Å². The molecule has 0 fully saturated rings. The van der Waals surface area contributed by atoms with Gasteiger partial charge in [0.05, 0.1) is 6.61 Å². The lowest BCUT2D eigenvalue weighted by Crippen LogP contribution is -2.34. The summed E-state index contributed by atoms with van der Waals surface area (Å²) in [6, 6.07) is 4.47. The van der Waals surface area contributed by atoms with Gasteiger partial charge in [-0.3, -0.25) is 4.90 Å². The van der Waals surface area contributed by atoms with Crippen molar-refractivity contribution in [2.75, 3.05) is 19.1 Å². The number of rotatable bonds is 5. The molecule has 1 heterocycles. The summed E-state index contributed by atoms with van der Waals surface area (Å²) < 4.78 is 11.0. The summed E-state index contributed by atoms with van der Waals surface area (Å²) in [5.74, 6) is 1.60. The number of fused-ring (bicyclic) bond motifs is 1. The lowest BCUT2D eigenvalue weighted by atomic mass is 10.0. The molecule has 0 unspecified atom stereocenters. The van der Waals surface area contributed by atoms with Gasteiger partial charge in [-0.25, -0.2) is 0 Å². The predicted molar refractivity (Wildman–Crippen MR) is 81.5 cm³/mol. The van der Waals surface area contributed by atoms with Crippen molar-refractivity contribution in [3.63, 3.8) is 0 Å². The fourth-order valence-corrected chi connectivity index (χ4v) is 2.59. The lowest BCUT2D eigenvalue weighted by Gasteiger charge is -2.30. The molecule has 2 rings (SSSR count). The minimum absolute atomic E-state index is 0.329. The summed E-state index contributed by atoms with van der Waals surface area (Å²) >= 11 is 0. The molecule has 2 N–H and O–H groups in total. The molecule has 1 aliphatic rings. The molecule has 0 spiro atoms. The minimum atomic E-state index is 0.329. The third-order valence-corrected chi connectivity index (χ3v) is 3.51. The molecular weight excluding hydrogens is 252 g/mol. The van der Waals surface area contributed by atoms with Gasteiger partial charge in [-0.2, -0.15) is 0 Å². The number of anilines is 1. The van der Waals surface area contributed by atoms with Crippen molar-refractivity contribution in [1.29, 1.82) is 0 Å². The number of nitrogens with zero attached hydrogens (tertiary/aromatic N) is 1. The van der Waals surface area contributed by atoms with Gasteiger partial charge < -0.3 is 15.2 Å². The van der Waals surface area contributed by atoms with E-state index in [1.54, 1.807) is 0 Å². The molecular formula is C16H26N2O2. The van der Waals surface area contributed by atoms with Crippen LogP contribution >= 0.6 is 0 Å². The van der Waals surface area contributed by atoms with Crippen LogP contribution < -0.4 is 10.5 Å². The average Bonchev–Trinajstić information content (AvgIpc) is 2.37. The largest absolute Gasteiger partial charge is 0.467 e. The van der Waals surface area contributed by atoms with Crippen LogP contribution in [-0.4, -0.2) is 24.3 Å². The predicted octanol–water partition coefficient (Wildman–Crippen LogP) is 3.00. The van der Waals surface area contributed by atoms with E-state index in [2.05, 4.69) is 32.6 Å². The first-order valence-electron chi connectivity index (χ1n) is 7.33. The fourth-order valence-electron chi connectivity index (χ4n) is 2.59. The van der Waals surface area contributed by atoms with Gasteiger partial charge in [-0.05, 0) is 31.9 Å². The van der Waals surface area contributed by atoms with E-state index in [1.807, 2.05) is 12.1 Å². The van der Waals surface area contributed by atoms with Crippen molar-refractivity contribution in [1.82, 2.24) is 4.90 Å². The van der Waals surface area contributed by atoms with Crippen LogP contribution in [-0.2, 0) is 17.9 Å². The standard InChI is InChI=1S/C16H26N2O2/c1-11(2)7-18(12(3)4)8-13-5-15(17)6-14-9-19-10-20-16(13)14/h5-6,11-12H,7-10,17H2,1-4H3. The van der Waals surface area contributed by atoms with E-state index in [-0.39, 0.29) is 0 Å². The summed E-state index contributed by atoms with van der Waals surface area (Å²) in [5.41, 5.74) is 9.00. The first kappa shape index (κ1) is 15.1. The zero-order valence-corrected chi connectivity index (χ0v) is 13.0. The number of nitrogens with two attached hydrogens (primary N) is 1. The summed E-state index contributed by atoms with van der Waals surface area (Å²) in [7, 11) is 0. The van der Waals surface area contributed by atoms with Gasteiger partial charge in [0.25, 0.3) is 0 Å². The Morgan fingerprint density at radius 2 is 2.00 bits per heavy atom. The molecule has 0 saturated heterocycles. The van der Waals surface area contributed by atoms with Crippen LogP contribution in [0.3, 0.4) is 0 Å². The van der Waals surface area contributed by atoms with Crippen LogP contribution in [0.25, 0.3) is 0 Å². The quantitative estimate of drug-likeness (QED) is 0.841. The second-order valence-corrected chi connectivity index (χ2v) is 6.20. The molecule has 1 aromatic carbocycles. The number of hydrogen-bond acceptors (Lipinski definition) is 4. The number of nitrogen functional groups attached to an aromatic ring is 1. The first-order chi connectivity index (χ1) is 9.47. The maximum absolute atomic E-state index is 6.01. The fraction of sp³-hybridized carbons (Fsp3) is 0.625. The average molecular weight is 278 g/mol. The highest BCUT2D eigenvalue weighted by Crippen LogP contribution is 2.32. The highest BCUT2D eigenvalue weighted by atomic mass is 16.7. The van der Waals surface area contributed by atoms with Crippen molar-refractivity contribution in [2.24, 2.45) is 5.92 Å². The van der Waals surface area contributed by atoms with Gasteiger partial charge in [-0.1, -0.05) is 13.8 Å². The molecule has 1 aromatic rings. The molecule has 112 valence electrons. The number of benzene rings is 1. The van der Waals surface area contributed by atoms with Gasteiger partial charge >= 0.3 is 0 Å². The Labute approximate surface area is 121 Å². The molecule has 4 heteroatoms. The summed E-state index contributed by atoms with van der Waals surface area (Å²) in [5, 5.41) is 0. The SMILES string of the molecule is CC(C)CN(Cc1cc(N)cc2c1OCOC2)C(C)C. The summed E-state index contributed by atoms with van der Waals surface area (Å²) in [6.07, 6.45) is 0. The van der Waals surface area contributed by atoms with E-state index in [4.69, 9.17) is 15.2 Å². The van der Waals surface area contributed by atoms with E-state index < -0.39 is 0 Å². The number of hydrogen-bond donors (Lipinski definition) is 1. The van der Waals surface area contributed by atoms with E-state index in [0.717, 1.165) is 35.7 Å². The minimum Gasteiger partial charge on any atom is -0.467 e. The van der Waals surface area contributed by atoms with E-state index in [0.29, 0.717) is 25.4 Å². The number of ether oxygens (including phenoxy) is 2. The topological polar surface area (TPSA) is 47.7 Å². The smallest absolute Gasteiger partial charge is 0.189 e. The Morgan fingerprint density at radius 1 is 1.25 bits per heavy atom. The van der Waals surface area contributed by atoms with Crippen molar-refractivity contribution < 1.29 is 9.47 Å². The highest BCUT2D eigenvalue weighted by molar-refractivity contribution is 5.53. The maximum Gasteiger partial charge on any atom is 0.189 e. The van der Waals surface area contributed by atoms with Crippen molar-refractivity contribution in [3.8, 4) is 5.75 Å². The second kappa shape index (κ2) is 6.46. The summed E-state index contributed by atoms with van der Waals surface area (Å²) in [6.45, 7) is 11.8. The zero-order chi connectivity index (χ0) is 14.7. The Balaban J connectivity index is 2.24. The second-order valence-electron chi connectivity index (χ2n) is 6.20. The first-order valence-corrected chi connectivity index (χ1v) is 7.33. The van der Waals surface area contributed by atoms with E-state index in [1.165, 1.54) is 0 Å². The third kappa shape index (κ3) is 3.64. The Hall–Kier alpha value is -1.26. The highest BCUT2D eigenvalue weighted by Gasteiger charge is 2.19. The van der Waals surface area contributed by atoms with Crippen LogP contribution in [0.15, 0.2) is 12.1 Å². The molecule has 0 amide bonds. The van der Waals surface area contributed by atoms with Gasteiger partial charge in [-0.15, -0.1) is 0 Å². The normalized spacial score (nSPS) is 14.8. The van der Waals surface area contributed by atoms with Crippen LogP contribution in [0, 0.1) is 5.92 Å². The third-order valence-electron chi connectivity index (χ3n) is 3.51. The molecule has 0 radical (unpaired) electrons. The lowest BCUT2D eigenvalue weighted by molar-refractivity contribution is -0.0175. The summed E-state index contributed by atoms with van der Waals surface area (Å²) in [4.78, 5) is 2.46. The van der Waals surface area contributed by atoms with Gasteiger partial charge in [0.15, 0.2) is 6.79 Å². The molecule has 0 aromatic heterocycles. The molecule has 20 heavy (non-hydrogen) atoms. The zero-order valence-electron chi connectivity index (χ0n) is 13.0. The van der Waals surface area contributed by atoms with Gasteiger partial charge in [0.1, 0.15) is 5.75 Å². The Morgan fingerprint density at radius 3 is 2.65 bits per heavy atom. The van der Waals surface area contributed by atoms with E-state index >= 15 is 0 Å². The van der Waals surface area contributed by atoms with Crippen LogP contribution in [0.1, 0.15) is 38.8 Å². The van der Waals surface area contributed by atoms with Crippen molar-refractivity contribution in [3.05, 3.63) is 23.3 Å². The van der Waals surface area contributed by atoms with Crippen molar-refractivity contribution in [2.45, 2.75) is 46.9 Å². The van der Waals surface area contributed by atoms with Gasteiger partial charge in [0.2, 0.25) is 0 Å². The molecule has 0 atom stereocenters. The van der Waals surface area contributed by atoms with Crippen LogP contribution in [0.5, 0.6) is 5.75 Å². The van der Waals surface area contributed by atoms with Crippen LogP contribution in [0.4, 0.5) is 5.69 Å². The molecule has 0 bridgehead atoms. The van der Waals surface area contributed by atoms with Crippen LogP contribution in [0.2, 0.25) is 0 Å². The monoisotopic (exact) mass is 278 g/mol. The Bertz CT molecular complexity index is 458. The molecule has 0 aliphatic carbocycles. The van der Waals surface area contributed by atoms with Gasteiger partial charge in [0, 0.05) is 35.9 Å². The molecule has 0 saturated carbocycles. The molecule has 1 aliphatic heterocycles. The van der Waals surface area contributed by atoms with Crippen molar-refractivity contribution >= 4 is 5.69 Å². The Kier molecular flexibility index (Phi) is 4.89.